The highest BCUT2D eigenvalue weighted by molar-refractivity contribution is 14.1. The van der Waals surface area contributed by atoms with Crippen molar-refractivity contribution in [2.75, 3.05) is 19.0 Å². The molecule has 0 bridgehead atoms. The molecular formula is C19H16IN3O4. The molecule has 0 saturated carbocycles. The van der Waals surface area contributed by atoms with Gasteiger partial charge >= 0.3 is 6.03 Å². The number of rotatable bonds is 5. The Morgan fingerprint density at radius 3 is 2.59 bits per heavy atom. The molecule has 138 valence electrons. The molecule has 0 atom stereocenters. The Morgan fingerprint density at radius 2 is 1.89 bits per heavy atom. The van der Waals surface area contributed by atoms with Crippen LogP contribution in [-0.2, 0) is 9.59 Å². The average Bonchev–Trinajstić information content (AvgIpc) is 2.91. The number of ether oxygens (including phenoxy) is 1. The van der Waals surface area contributed by atoms with Gasteiger partial charge in [0, 0.05) is 3.57 Å². The Hall–Kier alpha value is -2.88. The standard InChI is InChI=1S/C19H16IN3O4/c1-27-16-5-3-2-4-14(16)21-17(24)11-23-18(25)15(22-19(23)26)10-12-6-8-13(20)9-7-12/h2-10H,11H2,1H3,(H,21,24)(H,22,26)/b15-10+. The molecule has 0 radical (unpaired) electrons. The van der Waals surface area contributed by atoms with Crippen LogP contribution in [0, 0.1) is 3.57 Å². The second-order valence-corrected chi connectivity index (χ2v) is 6.93. The third kappa shape index (κ3) is 4.45. The van der Waals surface area contributed by atoms with E-state index in [1.54, 1.807) is 30.3 Å². The highest BCUT2D eigenvalue weighted by Gasteiger charge is 2.35. The van der Waals surface area contributed by atoms with Gasteiger partial charge in [0.2, 0.25) is 5.91 Å². The maximum absolute atomic E-state index is 12.5. The van der Waals surface area contributed by atoms with Crippen LogP contribution in [0.5, 0.6) is 5.75 Å². The highest BCUT2D eigenvalue weighted by atomic mass is 127. The first-order chi connectivity index (χ1) is 13.0. The number of methoxy groups -OCH3 is 1. The second kappa shape index (κ2) is 8.21. The van der Waals surface area contributed by atoms with Crippen LogP contribution in [0.3, 0.4) is 0 Å². The molecule has 1 saturated heterocycles. The average molecular weight is 477 g/mol. The topological polar surface area (TPSA) is 87.7 Å². The van der Waals surface area contributed by atoms with Gasteiger partial charge < -0.3 is 15.4 Å². The van der Waals surface area contributed by atoms with Crippen LogP contribution in [0.25, 0.3) is 6.08 Å². The van der Waals surface area contributed by atoms with E-state index in [0.29, 0.717) is 11.4 Å². The molecule has 2 aromatic carbocycles. The first-order valence-electron chi connectivity index (χ1n) is 8.01. The Labute approximate surface area is 169 Å². The minimum Gasteiger partial charge on any atom is -0.495 e. The van der Waals surface area contributed by atoms with E-state index in [1.165, 1.54) is 7.11 Å². The lowest BCUT2D eigenvalue weighted by Gasteiger charge is -2.13. The van der Waals surface area contributed by atoms with Crippen molar-refractivity contribution in [3.05, 3.63) is 63.4 Å². The van der Waals surface area contributed by atoms with E-state index in [2.05, 4.69) is 33.2 Å². The van der Waals surface area contributed by atoms with E-state index in [0.717, 1.165) is 14.0 Å². The Bertz CT molecular complexity index is 925. The van der Waals surface area contributed by atoms with Gasteiger partial charge in [0.05, 0.1) is 12.8 Å². The van der Waals surface area contributed by atoms with E-state index in [9.17, 15) is 14.4 Å². The normalized spacial score (nSPS) is 15.0. The van der Waals surface area contributed by atoms with Gasteiger partial charge in [-0.15, -0.1) is 0 Å². The number of anilines is 1. The third-order valence-electron chi connectivity index (χ3n) is 3.83. The molecule has 1 fully saturated rings. The smallest absolute Gasteiger partial charge is 0.329 e. The molecule has 2 N–H and O–H groups in total. The number of carbonyl (C=O) groups is 3. The summed E-state index contributed by atoms with van der Waals surface area (Å²) in [5.41, 5.74) is 1.37. The second-order valence-electron chi connectivity index (χ2n) is 5.68. The van der Waals surface area contributed by atoms with Gasteiger partial charge in [-0.2, -0.15) is 0 Å². The lowest BCUT2D eigenvalue weighted by Crippen LogP contribution is -2.38. The molecule has 8 heteroatoms. The fourth-order valence-electron chi connectivity index (χ4n) is 2.52. The van der Waals surface area contributed by atoms with Crippen molar-refractivity contribution in [1.29, 1.82) is 0 Å². The minimum atomic E-state index is -0.632. The Kier molecular flexibility index (Phi) is 5.75. The van der Waals surface area contributed by atoms with Crippen molar-refractivity contribution in [3.8, 4) is 5.75 Å². The predicted octanol–water partition coefficient (Wildman–Crippen LogP) is 2.83. The quantitative estimate of drug-likeness (QED) is 0.394. The summed E-state index contributed by atoms with van der Waals surface area (Å²) in [6.07, 6.45) is 1.58. The van der Waals surface area contributed by atoms with Crippen LogP contribution in [-0.4, -0.2) is 36.4 Å². The fraction of sp³-hybridized carbons (Fsp3) is 0.105. The molecule has 3 rings (SSSR count). The molecule has 27 heavy (non-hydrogen) atoms. The monoisotopic (exact) mass is 477 g/mol. The van der Waals surface area contributed by atoms with Gasteiger partial charge in [0.15, 0.2) is 0 Å². The van der Waals surface area contributed by atoms with Crippen LogP contribution in [0.4, 0.5) is 10.5 Å². The van der Waals surface area contributed by atoms with Gasteiger partial charge in [-0.1, -0.05) is 24.3 Å². The van der Waals surface area contributed by atoms with Gasteiger partial charge in [-0.05, 0) is 58.5 Å². The number of urea groups is 1. The van der Waals surface area contributed by atoms with E-state index < -0.39 is 24.4 Å². The zero-order valence-electron chi connectivity index (χ0n) is 14.4. The first kappa shape index (κ1) is 18.9. The molecule has 0 aromatic heterocycles. The van der Waals surface area contributed by atoms with E-state index >= 15 is 0 Å². The zero-order chi connectivity index (χ0) is 19.4. The summed E-state index contributed by atoms with van der Waals surface area (Å²) in [6, 6.07) is 13.7. The lowest BCUT2D eigenvalue weighted by atomic mass is 10.2. The molecule has 2 aromatic rings. The van der Waals surface area contributed by atoms with Gasteiger partial charge in [-0.25, -0.2) is 9.69 Å². The number of halogens is 1. The van der Waals surface area contributed by atoms with Crippen molar-refractivity contribution in [3.63, 3.8) is 0 Å². The lowest BCUT2D eigenvalue weighted by molar-refractivity contribution is -0.127. The van der Waals surface area contributed by atoms with Crippen molar-refractivity contribution in [1.82, 2.24) is 10.2 Å². The number of imide groups is 1. The van der Waals surface area contributed by atoms with Crippen molar-refractivity contribution in [2.24, 2.45) is 0 Å². The van der Waals surface area contributed by atoms with Crippen LogP contribution in [0.2, 0.25) is 0 Å². The molecule has 0 unspecified atom stereocenters. The Balaban J connectivity index is 1.70. The summed E-state index contributed by atoms with van der Waals surface area (Å²) in [4.78, 5) is 37.7. The van der Waals surface area contributed by atoms with Crippen molar-refractivity contribution < 1.29 is 19.1 Å². The fourth-order valence-corrected chi connectivity index (χ4v) is 2.88. The highest BCUT2D eigenvalue weighted by Crippen LogP contribution is 2.23. The number of benzene rings is 2. The van der Waals surface area contributed by atoms with Crippen molar-refractivity contribution in [2.45, 2.75) is 0 Å². The van der Waals surface area contributed by atoms with Gasteiger partial charge in [0.25, 0.3) is 5.91 Å². The summed E-state index contributed by atoms with van der Waals surface area (Å²) in [7, 11) is 1.49. The molecule has 0 spiro atoms. The van der Waals surface area contributed by atoms with E-state index in [1.807, 2.05) is 24.3 Å². The molecule has 4 amide bonds. The van der Waals surface area contributed by atoms with Gasteiger partial charge in [-0.3, -0.25) is 9.59 Å². The third-order valence-corrected chi connectivity index (χ3v) is 4.55. The summed E-state index contributed by atoms with van der Waals surface area (Å²) in [5.74, 6) is -0.561. The maximum Gasteiger partial charge on any atom is 0.329 e. The minimum absolute atomic E-state index is 0.131. The van der Waals surface area contributed by atoms with E-state index in [4.69, 9.17) is 4.74 Å². The van der Waals surface area contributed by atoms with E-state index in [-0.39, 0.29) is 5.70 Å². The summed E-state index contributed by atoms with van der Waals surface area (Å²) in [5, 5.41) is 5.14. The van der Waals surface area contributed by atoms with Crippen LogP contribution in [0.15, 0.2) is 54.2 Å². The van der Waals surface area contributed by atoms with Crippen LogP contribution >= 0.6 is 22.6 Å². The molecule has 1 heterocycles. The van der Waals surface area contributed by atoms with Crippen LogP contribution < -0.4 is 15.4 Å². The first-order valence-corrected chi connectivity index (χ1v) is 9.09. The van der Waals surface area contributed by atoms with Crippen LogP contribution in [0.1, 0.15) is 5.56 Å². The number of nitrogens with one attached hydrogen (secondary N) is 2. The molecule has 1 aliphatic heterocycles. The SMILES string of the molecule is COc1ccccc1NC(=O)CN1C(=O)N/C(=C/c2ccc(I)cc2)C1=O. The maximum atomic E-state index is 12.5. The van der Waals surface area contributed by atoms with Gasteiger partial charge in [0.1, 0.15) is 18.0 Å². The number of amides is 4. The predicted molar refractivity (Wildman–Crippen MR) is 109 cm³/mol. The summed E-state index contributed by atoms with van der Waals surface area (Å²) in [6.45, 7) is -0.396. The Morgan fingerprint density at radius 1 is 1.19 bits per heavy atom. The summed E-state index contributed by atoms with van der Waals surface area (Å²) >= 11 is 2.18. The summed E-state index contributed by atoms with van der Waals surface area (Å²) < 4.78 is 6.23. The molecule has 0 aliphatic carbocycles. The number of carbonyl (C=O) groups excluding carboxylic acids is 3. The van der Waals surface area contributed by atoms with Crippen molar-refractivity contribution >= 4 is 52.2 Å². The largest absolute Gasteiger partial charge is 0.495 e. The molecular weight excluding hydrogens is 461 g/mol. The molecule has 7 nitrogen and oxygen atoms in total. The zero-order valence-corrected chi connectivity index (χ0v) is 16.5. The molecule has 1 aliphatic rings. The number of hydrogen-bond acceptors (Lipinski definition) is 4. The number of para-hydroxylation sites is 2. The number of hydrogen-bond donors (Lipinski definition) is 2. The number of nitrogens with zero attached hydrogens (tertiary/aromatic N) is 1.